The molecule has 0 amide bonds. The first-order chi connectivity index (χ1) is 9.82. The molecule has 1 N–H and O–H groups in total. The Hall–Kier alpha value is -1.60. The summed E-state index contributed by atoms with van der Waals surface area (Å²) in [7, 11) is -0.429. The number of fused-ring (bicyclic) bond motifs is 1. The van der Waals surface area contributed by atoms with E-state index >= 15 is 0 Å². The number of sulfonamides is 1. The Bertz CT molecular complexity index is 640. The Morgan fingerprint density at radius 3 is 2.71 bits per heavy atom. The van der Waals surface area contributed by atoms with Gasteiger partial charge in [0.25, 0.3) is 0 Å². The quantitative estimate of drug-likeness (QED) is 0.853. The molecule has 1 aliphatic heterocycles. The third-order valence-electron chi connectivity index (χ3n) is 3.65. The van der Waals surface area contributed by atoms with Gasteiger partial charge in [0.1, 0.15) is 0 Å². The Kier molecular flexibility index (Phi) is 4.53. The third-order valence-corrected chi connectivity index (χ3v) is 5.46. The minimum Gasteiger partial charge on any atom is -0.481 e. The van der Waals surface area contributed by atoms with Crippen LogP contribution in [0.5, 0.6) is 0 Å². The molecule has 0 aliphatic carbocycles. The number of hydrogen-bond acceptors (Lipinski definition) is 4. The van der Waals surface area contributed by atoms with Crippen LogP contribution in [0.3, 0.4) is 0 Å². The number of rotatable bonds is 6. The zero-order valence-corrected chi connectivity index (χ0v) is 13.1. The van der Waals surface area contributed by atoms with Crippen LogP contribution in [0, 0.1) is 0 Å². The van der Waals surface area contributed by atoms with Crippen molar-refractivity contribution in [3.05, 3.63) is 23.8 Å². The number of aliphatic carboxylic acids is 1. The minimum atomic E-state index is -3.44. The Labute approximate surface area is 125 Å². The lowest BCUT2D eigenvalue weighted by atomic mass is 10.2. The second-order valence-electron chi connectivity index (χ2n) is 5.31. The number of nitrogens with zero attached hydrogens (tertiary/aromatic N) is 2. The van der Waals surface area contributed by atoms with E-state index in [1.807, 2.05) is 6.07 Å². The van der Waals surface area contributed by atoms with Crippen molar-refractivity contribution in [2.75, 3.05) is 32.1 Å². The molecule has 1 aromatic carbocycles. The molecule has 0 saturated heterocycles. The largest absolute Gasteiger partial charge is 0.481 e. The minimum absolute atomic E-state index is 0.127. The SMILES string of the molecule is CN(C)S(=O)(=O)c1ccc2c(c1)N(CCCC(=O)O)CC2. The van der Waals surface area contributed by atoms with Gasteiger partial charge in [-0.05, 0) is 30.5 Å². The average molecular weight is 312 g/mol. The average Bonchev–Trinajstić information content (AvgIpc) is 2.80. The molecule has 0 bridgehead atoms. The molecule has 1 aliphatic rings. The number of anilines is 1. The molecule has 0 unspecified atom stereocenters. The van der Waals surface area contributed by atoms with E-state index < -0.39 is 16.0 Å². The number of carboxylic acid groups (broad SMARTS) is 1. The lowest BCUT2D eigenvalue weighted by molar-refractivity contribution is -0.137. The van der Waals surface area contributed by atoms with Gasteiger partial charge in [-0.15, -0.1) is 0 Å². The van der Waals surface area contributed by atoms with E-state index in [1.54, 1.807) is 12.1 Å². The lowest BCUT2D eigenvalue weighted by Crippen LogP contribution is -2.24. The Morgan fingerprint density at radius 1 is 1.38 bits per heavy atom. The summed E-state index contributed by atoms with van der Waals surface area (Å²) >= 11 is 0. The first-order valence-electron chi connectivity index (χ1n) is 6.84. The normalized spacial score (nSPS) is 14.5. The van der Waals surface area contributed by atoms with Crippen LogP contribution in [0.2, 0.25) is 0 Å². The van der Waals surface area contributed by atoms with Crippen molar-refractivity contribution in [1.82, 2.24) is 4.31 Å². The number of hydrogen-bond donors (Lipinski definition) is 1. The molecule has 7 heteroatoms. The van der Waals surface area contributed by atoms with E-state index in [9.17, 15) is 13.2 Å². The topological polar surface area (TPSA) is 77.9 Å². The van der Waals surface area contributed by atoms with Crippen LogP contribution in [0.25, 0.3) is 0 Å². The first-order valence-corrected chi connectivity index (χ1v) is 8.28. The molecule has 0 fully saturated rings. The molecule has 0 spiro atoms. The van der Waals surface area contributed by atoms with Gasteiger partial charge in [0.15, 0.2) is 0 Å². The predicted molar refractivity (Wildman–Crippen MR) is 80.1 cm³/mol. The number of carbonyl (C=O) groups is 1. The molecule has 0 radical (unpaired) electrons. The van der Waals surface area contributed by atoms with Crippen LogP contribution in [-0.2, 0) is 21.2 Å². The van der Waals surface area contributed by atoms with Crippen molar-refractivity contribution >= 4 is 21.7 Å². The van der Waals surface area contributed by atoms with Crippen molar-refractivity contribution < 1.29 is 18.3 Å². The highest BCUT2D eigenvalue weighted by Gasteiger charge is 2.24. The van der Waals surface area contributed by atoms with Gasteiger partial charge in [-0.25, -0.2) is 12.7 Å². The van der Waals surface area contributed by atoms with Crippen molar-refractivity contribution in [3.63, 3.8) is 0 Å². The van der Waals surface area contributed by atoms with Crippen molar-refractivity contribution in [1.29, 1.82) is 0 Å². The summed E-state index contributed by atoms with van der Waals surface area (Å²) < 4.78 is 25.5. The van der Waals surface area contributed by atoms with E-state index in [4.69, 9.17) is 5.11 Å². The Morgan fingerprint density at radius 2 is 2.10 bits per heavy atom. The van der Waals surface area contributed by atoms with Crippen LogP contribution in [0.4, 0.5) is 5.69 Å². The molecule has 6 nitrogen and oxygen atoms in total. The van der Waals surface area contributed by atoms with E-state index in [0.717, 1.165) is 24.2 Å². The lowest BCUT2D eigenvalue weighted by Gasteiger charge is -2.20. The molecule has 116 valence electrons. The molecule has 21 heavy (non-hydrogen) atoms. The number of benzene rings is 1. The molecular formula is C14H20N2O4S. The van der Waals surface area contributed by atoms with Crippen LogP contribution < -0.4 is 4.90 Å². The number of carboxylic acids is 1. The van der Waals surface area contributed by atoms with Crippen molar-refractivity contribution in [3.8, 4) is 0 Å². The predicted octanol–water partition coefficient (Wildman–Crippen LogP) is 1.16. The van der Waals surface area contributed by atoms with Gasteiger partial charge in [0.05, 0.1) is 4.90 Å². The molecule has 1 heterocycles. The second kappa shape index (κ2) is 6.03. The van der Waals surface area contributed by atoms with Gasteiger partial charge in [0.2, 0.25) is 10.0 Å². The van der Waals surface area contributed by atoms with E-state index in [1.165, 1.54) is 18.4 Å². The maximum atomic E-state index is 12.2. The van der Waals surface area contributed by atoms with Crippen molar-refractivity contribution in [2.45, 2.75) is 24.2 Å². The zero-order valence-electron chi connectivity index (χ0n) is 12.2. The molecule has 1 aromatic rings. The summed E-state index contributed by atoms with van der Waals surface area (Å²) in [5.74, 6) is -0.807. The maximum absolute atomic E-state index is 12.2. The summed E-state index contributed by atoms with van der Waals surface area (Å²) in [5, 5.41) is 8.69. The van der Waals surface area contributed by atoms with Gasteiger partial charge in [-0.1, -0.05) is 6.07 Å². The van der Waals surface area contributed by atoms with Crippen LogP contribution >= 0.6 is 0 Å². The first kappa shape index (κ1) is 15.8. The standard InChI is InChI=1S/C14H20N2O4S/c1-15(2)21(19,20)12-6-5-11-7-9-16(13(11)10-12)8-3-4-14(17)18/h5-6,10H,3-4,7-9H2,1-2H3,(H,17,18). The fourth-order valence-electron chi connectivity index (χ4n) is 2.45. The summed E-state index contributed by atoms with van der Waals surface area (Å²) in [6.45, 7) is 1.44. The van der Waals surface area contributed by atoms with Crippen LogP contribution in [0.15, 0.2) is 23.1 Å². The fraction of sp³-hybridized carbons (Fsp3) is 0.500. The van der Waals surface area contributed by atoms with Crippen LogP contribution in [0.1, 0.15) is 18.4 Å². The highest BCUT2D eigenvalue weighted by molar-refractivity contribution is 7.89. The highest BCUT2D eigenvalue weighted by atomic mass is 32.2. The zero-order chi connectivity index (χ0) is 15.6. The van der Waals surface area contributed by atoms with E-state index in [2.05, 4.69) is 4.90 Å². The van der Waals surface area contributed by atoms with Gasteiger partial charge in [-0.2, -0.15) is 0 Å². The molecule has 2 rings (SSSR count). The van der Waals surface area contributed by atoms with Gasteiger partial charge < -0.3 is 10.0 Å². The van der Waals surface area contributed by atoms with E-state index in [-0.39, 0.29) is 11.3 Å². The summed E-state index contributed by atoms with van der Waals surface area (Å²) in [5.41, 5.74) is 2.02. The van der Waals surface area contributed by atoms with Gasteiger partial charge in [0, 0.05) is 39.3 Å². The van der Waals surface area contributed by atoms with Crippen molar-refractivity contribution in [2.24, 2.45) is 0 Å². The Balaban J connectivity index is 2.21. The highest BCUT2D eigenvalue weighted by Crippen LogP contribution is 2.31. The maximum Gasteiger partial charge on any atom is 0.303 e. The summed E-state index contributed by atoms with van der Waals surface area (Å²) in [6, 6.07) is 5.18. The second-order valence-corrected chi connectivity index (χ2v) is 7.46. The van der Waals surface area contributed by atoms with Gasteiger partial charge in [-0.3, -0.25) is 4.79 Å². The van der Waals surface area contributed by atoms with E-state index in [0.29, 0.717) is 13.0 Å². The van der Waals surface area contributed by atoms with Crippen LogP contribution in [-0.4, -0.2) is 51.0 Å². The third kappa shape index (κ3) is 3.36. The molecule has 0 atom stereocenters. The molecular weight excluding hydrogens is 292 g/mol. The fourth-order valence-corrected chi connectivity index (χ4v) is 3.37. The smallest absolute Gasteiger partial charge is 0.303 e. The van der Waals surface area contributed by atoms with Gasteiger partial charge >= 0.3 is 5.97 Å². The summed E-state index contributed by atoms with van der Waals surface area (Å²) in [4.78, 5) is 12.9. The molecule has 0 saturated carbocycles. The molecule has 0 aromatic heterocycles. The monoisotopic (exact) mass is 312 g/mol. The summed E-state index contributed by atoms with van der Waals surface area (Å²) in [6.07, 6.45) is 1.55.